The van der Waals surface area contributed by atoms with Gasteiger partial charge in [-0.25, -0.2) is 14.5 Å². The van der Waals surface area contributed by atoms with Crippen molar-refractivity contribution in [3.63, 3.8) is 0 Å². The number of carbonyl (C=O) groups excluding carboxylic acids is 8. The molecule has 9 rings (SSSR count). The van der Waals surface area contributed by atoms with Crippen LogP contribution < -0.4 is 32.1 Å². The molecule has 7 amide bonds. The number of nitrogens with zero attached hydrogens (tertiary/aromatic N) is 6. The number of nitrogens with one attached hydrogen (secondary N) is 5. The zero-order valence-electron chi connectivity index (χ0n) is 43.5. The van der Waals surface area contributed by atoms with Crippen LogP contribution in [0.4, 0.5) is 0 Å². The Morgan fingerprint density at radius 2 is 1.53 bits per heavy atom. The van der Waals surface area contributed by atoms with Gasteiger partial charge in [0.05, 0.1) is 61.4 Å². The summed E-state index contributed by atoms with van der Waals surface area (Å²) in [6.45, 7) is 2.35. The molecule has 0 bridgehead atoms. The molecule has 410 valence electrons. The summed E-state index contributed by atoms with van der Waals surface area (Å²) in [6.07, 6.45) is 5.81. The van der Waals surface area contributed by atoms with Gasteiger partial charge in [0.15, 0.2) is 5.60 Å². The van der Waals surface area contributed by atoms with Gasteiger partial charge < -0.3 is 45.7 Å². The number of aliphatic hydroxyl groups is 1. The van der Waals surface area contributed by atoms with Crippen molar-refractivity contribution in [1.29, 1.82) is 0 Å². The van der Waals surface area contributed by atoms with Gasteiger partial charge >= 0.3 is 5.97 Å². The lowest BCUT2D eigenvalue weighted by atomic mass is 9.86. The standard InChI is InChI=1S/C56H59N11O12/c1-3-44(79-32-60-47(70)26-59-53(74)41(23-33-13-7-5-8-14-33)61-48(71)27-58-46(69)25-57-45(68)17-9-6-12-22-66-49(72)20-21-50(66)73)42-30-65(64-63-42)28-36-37-29-67-43(24-39-38(54(67)75)31-78-55(76)56(39,77)4-2)52(37)62-40-19-18-34-15-10-11-16-35(34)51(36)40/h5,7-8,10-11,13-16,18-21,24,30,41,44,77H,3-4,6,9,12,17,22-23,25-29,31-32H2,1-2H3,(H,57,68)(H,58,69)(H,59,74)(H,60,70)(H,61,71)/t41-,44?,56-/m0/s1. The Morgan fingerprint density at radius 3 is 2.30 bits per heavy atom. The molecule has 3 aromatic carbocycles. The number of fused-ring (bicyclic) bond motifs is 7. The van der Waals surface area contributed by atoms with Crippen LogP contribution in [0.5, 0.6) is 0 Å². The number of rotatable bonds is 24. The Balaban J connectivity index is 0.780. The number of hydrogen-bond donors (Lipinski definition) is 6. The highest BCUT2D eigenvalue weighted by molar-refractivity contribution is 6.13. The highest BCUT2D eigenvalue weighted by atomic mass is 16.6. The second-order valence-corrected chi connectivity index (χ2v) is 19.4. The fourth-order valence-corrected chi connectivity index (χ4v) is 10.0. The lowest BCUT2D eigenvalue weighted by molar-refractivity contribution is -0.172. The van der Waals surface area contributed by atoms with E-state index in [1.807, 2.05) is 43.3 Å². The molecule has 0 radical (unpaired) electrons. The van der Waals surface area contributed by atoms with Crippen LogP contribution in [0.25, 0.3) is 33.1 Å². The summed E-state index contributed by atoms with van der Waals surface area (Å²) in [5.41, 5.74) is 2.60. The first-order chi connectivity index (χ1) is 38.1. The number of imide groups is 1. The molecule has 23 nitrogen and oxygen atoms in total. The largest absolute Gasteiger partial charge is 0.458 e. The summed E-state index contributed by atoms with van der Waals surface area (Å²) in [6, 6.07) is 21.3. The molecule has 23 heteroatoms. The van der Waals surface area contributed by atoms with E-state index in [1.54, 1.807) is 58.8 Å². The van der Waals surface area contributed by atoms with Gasteiger partial charge in [0.2, 0.25) is 29.5 Å². The number of carbonyl (C=O) groups is 8. The topological polar surface area (TPSA) is 304 Å². The van der Waals surface area contributed by atoms with E-state index in [9.17, 15) is 48.3 Å². The molecule has 0 saturated carbocycles. The van der Waals surface area contributed by atoms with Crippen molar-refractivity contribution in [1.82, 2.24) is 56.0 Å². The maximum absolute atomic E-state index is 14.1. The van der Waals surface area contributed by atoms with E-state index in [-0.39, 0.29) is 93.2 Å². The average molecular weight is 1080 g/mol. The van der Waals surface area contributed by atoms with Gasteiger partial charge in [0.25, 0.3) is 17.4 Å². The fourth-order valence-electron chi connectivity index (χ4n) is 10.0. The summed E-state index contributed by atoms with van der Waals surface area (Å²) in [7, 11) is 0. The van der Waals surface area contributed by atoms with Crippen molar-refractivity contribution in [2.75, 3.05) is 32.9 Å². The third kappa shape index (κ3) is 12.1. The maximum Gasteiger partial charge on any atom is 0.343 e. The molecule has 6 aromatic rings. The number of unbranched alkanes of at least 4 members (excludes halogenated alkanes) is 2. The molecule has 0 saturated heterocycles. The van der Waals surface area contributed by atoms with Crippen LogP contribution in [0.3, 0.4) is 0 Å². The molecule has 3 aliphatic rings. The summed E-state index contributed by atoms with van der Waals surface area (Å²) in [4.78, 5) is 121. The Kier molecular flexibility index (Phi) is 16.8. The Morgan fingerprint density at radius 1 is 0.810 bits per heavy atom. The van der Waals surface area contributed by atoms with Crippen molar-refractivity contribution < 1.29 is 52.9 Å². The van der Waals surface area contributed by atoms with E-state index in [1.165, 1.54) is 12.2 Å². The molecule has 6 N–H and O–H groups in total. The van der Waals surface area contributed by atoms with Gasteiger partial charge in [-0.2, -0.15) is 0 Å². The van der Waals surface area contributed by atoms with E-state index in [4.69, 9.17) is 14.5 Å². The van der Waals surface area contributed by atoms with Crippen LogP contribution in [-0.4, -0.2) is 121 Å². The molecule has 0 aliphatic carbocycles. The Bertz CT molecular complexity index is 3470. The summed E-state index contributed by atoms with van der Waals surface area (Å²) >= 11 is 0. The monoisotopic (exact) mass is 1080 g/mol. The molecule has 6 heterocycles. The maximum atomic E-state index is 14.1. The van der Waals surface area contributed by atoms with Crippen LogP contribution >= 0.6 is 0 Å². The average Bonchev–Trinajstić information content (AvgIpc) is 4.35. The van der Waals surface area contributed by atoms with E-state index >= 15 is 0 Å². The van der Waals surface area contributed by atoms with Gasteiger partial charge in [-0.05, 0) is 59.7 Å². The van der Waals surface area contributed by atoms with Gasteiger partial charge in [-0.3, -0.25) is 43.3 Å². The van der Waals surface area contributed by atoms with Crippen molar-refractivity contribution in [2.45, 2.75) is 96.2 Å². The molecule has 3 atom stereocenters. The summed E-state index contributed by atoms with van der Waals surface area (Å²) in [5.74, 6) is -4.47. The number of amides is 7. The molecular weight excluding hydrogens is 1020 g/mol. The van der Waals surface area contributed by atoms with Crippen LogP contribution in [0, 0.1) is 0 Å². The lowest BCUT2D eigenvalue weighted by Gasteiger charge is -2.31. The molecule has 3 aromatic heterocycles. The summed E-state index contributed by atoms with van der Waals surface area (Å²) < 4.78 is 14.6. The third-order valence-corrected chi connectivity index (χ3v) is 14.3. The van der Waals surface area contributed by atoms with Gasteiger partial charge in [-0.15, -0.1) is 5.10 Å². The van der Waals surface area contributed by atoms with E-state index in [0.717, 1.165) is 37.7 Å². The van der Waals surface area contributed by atoms with Crippen molar-refractivity contribution in [3.8, 4) is 11.4 Å². The van der Waals surface area contributed by atoms with Crippen LogP contribution in [0.15, 0.2) is 95.9 Å². The second-order valence-electron chi connectivity index (χ2n) is 19.4. The first-order valence-corrected chi connectivity index (χ1v) is 26.1. The van der Waals surface area contributed by atoms with Crippen LogP contribution in [-0.2, 0) is 79.5 Å². The van der Waals surface area contributed by atoms with E-state index in [2.05, 4.69) is 36.9 Å². The quantitative estimate of drug-likeness (QED) is 0.0166. The molecule has 79 heavy (non-hydrogen) atoms. The van der Waals surface area contributed by atoms with Crippen LogP contribution in [0.1, 0.15) is 92.0 Å². The van der Waals surface area contributed by atoms with Crippen LogP contribution in [0.2, 0.25) is 0 Å². The van der Waals surface area contributed by atoms with Crippen molar-refractivity contribution in [2.24, 2.45) is 0 Å². The highest BCUT2D eigenvalue weighted by Gasteiger charge is 2.45. The smallest absolute Gasteiger partial charge is 0.343 e. The predicted molar refractivity (Wildman–Crippen MR) is 284 cm³/mol. The third-order valence-electron chi connectivity index (χ3n) is 14.3. The van der Waals surface area contributed by atoms with Crippen molar-refractivity contribution >= 4 is 69.0 Å². The zero-order chi connectivity index (χ0) is 55.8. The number of ether oxygens (including phenoxy) is 2. The number of hydrogen-bond acceptors (Lipinski definition) is 15. The van der Waals surface area contributed by atoms with Gasteiger partial charge in [0.1, 0.15) is 31.2 Å². The Hall–Kier alpha value is -8.96. The van der Waals surface area contributed by atoms with E-state index < -0.39 is 60.4 Å². The molecule has 0 spiro atoms. The minimum absolute atomic E-state index is 0.0119. The molecule has 0 fully saturated rings. The molecule has 3 aliphatic heterocycles. The summed E-state index contributed by atoms with van der Waals surface area (Å²) in [5, 5.41) is 35.9. The lowest BCUT2D eigenvalue weighted by Crippen LogP contribution is -2.52. The number of esters is 1. The van der Waals surface area contributed by atoms with Gasteiger partial charge in [-0.1, -0.05) is 86.1 Å². The number of cyclic esters (lactones) is 1. The SMILES string of the molecule is CCC(OCNC(=O)CNC(=O)[C@H](Cc1ccccc1)NC(=O)CNC(=O)CNC(=O)CCCCCN1C(=O)C=CC1=O)c1cn(Cc2c3c(nc4ccc5ccccc5c24)-c2cc4c(c(=O)n2C3)COC(=O)[C@]4(O)CC)nn1. The minimum Gasteiger partial charge on any atom is -0.458 e. The van der Waals surface area contributed by atoms with Crippen molar-refractivity contribution in [3.05, 3.63) is 135 Å². The first-order valence-electron chi connectivity index (χ1n) is 26.1. The molecular formula is C56H59N11O12. The predicted octanol–water partition coefficient (Wildman–Crippen LogP) is 1.98. The normalized spacial score (nSPS) is 16.0. The number of aromatic nitrogens is 5. The number of benzene rings is 3. The second kappa shape index (κ2) is 24.2. The fraction of sp³-hybridized carbons (Fsp3) is 0.357. The van der Waals surface area contributed by atoms with Gasteiger partial charge in [0, 0.05) is 48.1 Å². The Labute approximate surface area is 452 Å². The highest BCUT2D eigenvalue weighted by Crippen LogP contribution is 2.42. The van der Waals surface area contributed by atoms with E-state index in [0.29, 0.717) is 48.3 Å². The minimum atomic E-state index is -1.98. The first kappa shape index (κ1) is 54.8. The molecule has 1 unspecified atom stereocenters. The zero-order valence-corrected chi connectivity index (χ0v) is 43.5. The number of pyridine rings is 2.